The Labute approximate surface area is 182 Å². The number of carbonyl (C=O) groups excluding carboxylic acids is 1. The fourth-order valence-electron chi connectivity index (χ4n) is 2.78. The number of halogens is 1. The van der Waals surface area contributed by atoms with Crippen molar-refractivity contribution >= 4 is 40.8 Å². The van der Waals surface area contributed by atoms with E-state index in [9.17, 15) is 4.79 Å². The standard InChI is InChI=1S/C21H18ClN7O2/c1-13(30)26-18-11-14(8-10-23-18)12-25-19-17(3-2-9-24-19)20-28-29-21(31-20)27-16-6-4-15(22)5-7-16/h2-11H,12H2,1H3,(H,24,25)(H,27,29)(H,23,26,30). The second kappa shape index (κ2) is 9.23. The van der Waals surface area contributed by atoms with Gasteiger partial charge in [0.25, 0.3) is 5.89 Å². The third kappa shape index (κ3) is 5.34. The second-order valence-corrected chi connectivity index (χ2v) is 6.96. The van der Waals surface area contributed by atoms with Gasteiger partial charge in [-0.15, -0.1) is 5.10 Å². The van der Waals surface area contributed by atoms with Gasteiger partial charge in [-0.2, -0.15) is 0 Å². The maximum atomic E-state index is 11.2. The maximum Gasteiger partial charge on any atom is 0.320 e. The molecule has 156 valence electrons. The van der Waals surface area contributed by atoms with Crippen LogP contribution in [0.5, 0.6) is 0 Å². The van der Waals surface area contributed by atoms with Gasteiger partial charge in [0.15, 0.2) is 0 Å². The van der Waals surface area contributed by atoms with Crippen LogP contribution in [-0.4, -0.2) is 26.1 Å². The Morgan fingerprint density at radius 3 is 2.71 bits per heavy atom. The van der Waals surface area contributed by atoms with Crippen LogP contribution in [0.3, 0.4) is 0 Å². The normalized spacial score (nSPS) is 10.5. The van der Waals surface area contributed by atoms with Gasteiger partial charge >= 0.3 is 6.01 Å². The quantitative estimate of drug-likeness (QED) is 0.388. The molecule has 0 unspecified atom stereocenters. The summed E-state index contributed by atoms with van der Waals surface area (Å²) in [6.45, 7) is 1.90. The molecule has 0 saturated heterocycles. The minimum Gasteiger partial charge on any atom is -0.403 e. The van der Waals surface area contributed by atoms with Gasteiger partial charge in [-0.25, -0.2) is 9.97 Å². The number of rotatable bonds is 7. The van der Waals surface area contributed by atoms with E-state index in [1.165, 1.54) is 6.92 Å². The van der Waals surface area contributed by atoms with Gasteiger partial charge in [0.05, 0.1) is 5.56 Å². The Kier molecular flexibility index (Phi) is 6.04. The fraction of sp³-hybridized carbons (Fsp3) is 0.0952. The first-order valence-electron chi connectivity index (χ1n) is 9.35. The Morgan fingerprint density at radius 1 is 1.06 bits per heavy atom. The third-order valence-corrected chi connectivity index (χ3v) is 4.40. The molecule has 0 bridgehead atoms. The lowest BCUT2D eigenvalue weighted by Crippen LogP contribution is -2.08. The summed E-state index contributed by atoms with van der Waals surface area (Å²) in [6, 6.07) is 14.7. The summed E-state index contributed by atoms with van der Waals surface area (Å²) in [7, 11) is 0. The van der Waals surface area contributed by atoms with Crippen LogP contribution in [0, 0.1) is 0 Å². The molecular formula is C21H18ClN7O2. The Hall–Kier alpha value is -3.98. The lowest BCUT2D eigenvalue weighted by atomic mass is 10.2. The summed E-state index contributed by atoms with van der Waals surface area (Å²) >= 11 is 5.91. The van der Waals surface area contributed by atoms with Gasteiger partial charge in [0.2, 0.25) is 5.91 Å². The van der Waals surface area contributed by atoms with Crippen molar-refractivity contribution in [3.63, 3.8) is 0 Å². The van der Waals surface area contributed by atoms with E-state index in [0.717, 1.165) is 11.3 Å². The minimum absolute atomic E-state index is 0.177. The second-order valence-electron chi connectivity index (χ2n) is 6.53. The summed E-state index contributed by atoms with van der Waals surface area (Å²) < 4.78 is 5.76. The Morgan fingerprint density at radius 2 is 1.90 bits per heavy atom. The smallest absolute Gasteiger partial charge is 0.320 e. The number of aromatic nitrogens is 4. The molecule has 10 heteroatoms. The first kappa shape index (κ1) is 20.3. The molecule has 1 amide bonds. The van der Waals surface area contributed by atoms with Crippen LogP contribution in [0.25, 0.3) is 11.5 Å². The molecule has 1 aromatic carbocycles. The van der Waals surface area contributed by atoms with Gasteiger partial charge in [-0.3, -0.25) is 4.79 Å². The van der Waals surface area contributed by atoms with Crippen molar-refractivity contribution in [3.8, 4) is 11.5 Å². The summed E-state index contributed by atoms with van der Waals surface area (Å²) in [5, 5.41) is 17.8. The number of nitrogens with one attached hydrogen (secondary N) is 3. The molecule has 0 atom stereocenters. The summed E-state index contributed by atoms with van der Waals surface area (Å²) in [6.07, 6.45) is 3.30. The molecule has 0 fully saturated rings. The topological polar surface area (TPSA) is 118 Å². The fourth-order valence-corrected chi connectivity index (χ4v) is 2.90. The van der Waals surface area contributed by atoms with Gasteiger partial charge < -0.3 is 20.4 Å². The molecule has 0 aliphatic carbocycles. The van der Waals surface area contributed by atoms with E-state index in [2.05, 4.69) is 36.1 Å². The number of nitrogens with zero attached hydrogens (tertiary/aromatic N) is 4. The number of carbonyl (C=O) groups is 1. The van der Waals surface area contributed by atoms with E-state index in [-0.39, 0.29) is 11.9 Å². The van der Waals surface area contributed by atoms with Crippen LogP contribution in [0.2, 0.25) is 5.02 Å². The third-order valence-electron chi connectivity index (χ3n) is 4.15. The van der Waals surface area contributed by atoms with E-state index in [0.29, 0.717) is 34.7 Å². The van der Waals surface area contributed by atoms with Crippen molar-refractivity contribution in [2.24, 2.45) is 0 Å². The molecule has 0 saturated carbocycles. The Balaban J connectivity index is 1.48. The summed E-state index contributed by atoms with van der Waals surface area (Å²) in [4.78, 5) is 19.7. The van der Waals surface area contributed by atoms with Gasteiger partial charge in [0.1, 0.15) is 11.6 Å². The lowest BCUT2D eigenvalue weighted by Gasteiger charge is -2.09. The van der Waals surface area contributed by atoms with Gasteiger partial charge in [-0.05, 0) is 54.1 Å². The average molecular weight is 436 g/mol. The van der Waals surface area contributed by atoms with Crippen molar-refractivity contribution in [1.82, 2.24) is 20.2 Å². The summed E-state index contributed by atoms with van der Waals surface area (Å²) in [5.74, 6) is 1.22. The molecule has 3 N–H and O–H groups in total. The van der Waals surface area contributed by atoms with Crippen LogP contribution >= 0.6 is 11.6 Å². The Bertz CT molecular complexity index is 1190. The number of benzene rings is 1. The molecule has 0 aliphatic rings. The molecule has 0 spiro atoms. The van der Waals surface area contributed by atoms with Crippen LogP contribution in [-0.2, 0) is 11.3 Å². The van der Waals surface area contributed by atoms with Crippen LogP contribution < -0.4 is 16.0 Å². The first-order valence-corrected chi connectivity index (χ1v) is 9.72. The average Bonchev–Trinajstić information content (AvgIpc) is 3.22. The van der Waals surface area contributed by atoms with E-state index in [1.807, 2.05) is 24.3 Å². The number of hydrogen-bond acceptors (Lipinski definition) is 8. The number of amides is 1. The highest BCUT2D eigenvalue weighted by atomic mass is 35.5. The van der Waals surface area contributed by atoms with Crippen LogP contribution in [0.1, 0.15) is 12.5 Å². The van der Waals surface area contributed by atoms with Crippen molar-refractivity contribution in [2.45, 2.75) is 13.5 Å². The summed E-state index contributed by atoms with van der Waals surface area (Å²) in [5.41, 5.74) is 2.36. The van der Waals surface area contributed by atoms with Crippen molar-refractivity contribution in [1.29, 1.82) is 0 Å². The molecular weight excluding hydrogens is 418 g/mol. The molecule has 0 radical (unpaired) electrons. The highest BCUT2D eigenvalue weighted by molar-refractivity contribution is 6.30. The zero-order valence-electron chi connectivity index (χ0n) is 16.5. The number of anilines is 4. The number of pyridine rings is 2. The first-order chi connectivity index (χ1) is 15.1. The zero-order chi connectivity index (χ0) is 21.6. The van der Waals surface area contributed by atoms with E-state index in [1.54, 1.807) is 36.7 Å². The molecule has 4 rings (SSSR count). The minimum atomic E-state index is -0.177. The van der Waals surface area contributed by atoms with Gasteiger partial charge in [0, 0.05) is 36.6 Å². The molecule has 31 heavy (non-hydrogen) atoms. The van der Waals surface area contributed by atoms with E-state index >= 15 is 0 Å². The molecule has 3 aromatic heterocycles. The van der Waals surface area contributed by atoms with E-state index < -0.39 is 0 Å². The molecule has 0 aliphatic heterocycles. The molecule has 3 heterocycles. The number of hydrogen-bond donors (Lipinski definition) is 3. The maximum absolute atomic E-state index is 11.2. The predicted molar refractivity (Wildman–Crippen MR) is 118 cm³/mol. The largest absolute Gasteiger partial charge is 0.403 e. The lowest BCUT2D eigenvalue weighted by molar-refractivity contribution is -0.114. The van der Waals surface area contributed by atoms with Crippen molar-refractivity contribution in [2.75, 3.05) is 16.0 Å². The van der Waals surface area contributed by atoms with Crippen LogP contribution in [0.15, 0.2) is 65.3 Å². The molecule has 4 aromatic rings. The zero-order valence-corrected chi connectivity index (χ0v) is 17.2. The van der Waals surface area contributed by atoms with Crippen molar-refractivity contribution < 1.29 is 9.21 Å². The van der Waals surface area contributed by atoms with Crippen molar-refractivity contribution in [3.05, 3.63) is 71.5 Å². The molecule has 9 nitrogen and oxygen atoms in total. The highest BCUT2D eigenvalue weighted by Crippen LogP contribution is 2.27. The predicted octanol–water partition coefficient (Wildman–Crippen LogP) is 4.49. The SMILES string of the molecule is CC(=O)Nc1cc(CNc2ncccc2-c2nnc(Nc3ccc(Cl)cc3)o2)ccn1. The monoisotopic (exact) mass is 435 g/mol. The van der Waals surface area contributed by atoms with Crippen LogP contribution in [0.4, 0.5) is 23.3 Å². The highest BCUT2D eigenvalue weighted by Gasteiger charge is 2.14. The van der Waals surface area contributed by atoms with E-state index in [4.69, 9.17) is 16.0 Å². The van der Waals surface area contributed by atoms with Gasteiger partial charge in [-0.1, -0.05) is 16.7 Å².